The lowest BCUT2D eigenvalue weighted by atomic mass is 9.75. The fourth-order valence-electron chi connectivity index (χ4n) is 1.80. The average Bonchev–Trinajstić information content (AvgIpc) is 2.39. The summed E-state index contributed by atoms with van der Waals surface area (Å²) < 4.78 is 1.50. The maximum Gasteiger partial charge on any atom is 0.0693 e. The van der Waals surface area contributed by atoms with E-state index < -0.39 is 0 Å². The lowest BCUT2D eigenvalue weighted by Crippen LogP contribution is -2.34. The third-order valence-corrected chi connectivity index (χ3v) is 5.06. The van der Waals surface area contributed by atoms with Crippen LogP contribution in [0.2, 0.25) is 0 Å². The van der Waals surface area contributed by atoms with Gasteiger partial charge in [-0.25, -0.2) is 0 Å². The highest BCUT2D eigenvalue weighted by Crippen LogP contribution is 2.63. The molecule has 0 amide bonds. The minimum Gasteiger partial charge on any atom is -0.103 e. The Balaban J connectivity index is 2.89. The van der Waals surface area contributed by atoms with Crippen molar-refractivity contribution in [2.24, 2.45) is 11.3 Å². The number of rotatable bonds is 1. The van der Waals surface area contributed by atoms with E-state index in [2.05, 4.69) is 34.6 Å². The summed E-state index contributed by atoms with van der Waals surface area (Å²) in [5.74, 6) is 0.667. The molecule has 1 saturated heterocycles. The van der Waals surface area contributed by atoms with Crippen LogP contribution in [0.3, 0.4) is 0 Å². The molecule has 0 aromatic heterocycles. The van der Waals surface area contributed by atoms with E-state index in [1.54, 1.807) is 0 Å². The predicted octanol–water partition coefficient (Wildman–Crippen LogP) is 3.50. The van der Waals surface area contributed by atoms with Gasteiger partial charge < -0.3 is 0 Å². The van der Waals surface area contributed by atoms with Gasteiger partial charge in [0.2, 0.25) is 0 Å². The van der Waals surface area contributed by atoms with Crippen molar-refractivity contribution in [3.05, 3.63) is 0 Å². The summed E-state index contributed by atoms with van der Waals surface area (Å²) in [7, 11) is 0. The van der Waals surface area contributed by atoms with Crippen molar-refractivity contribution in [1.82, 2.24) is 0 Å². The summed E-state index contributed by atoms with van der Waals surface area (Å²) in [6.07, 6.45) is 0. The Labute approximate surface area is 79.1 Å². The highest BCUT2D eigenvalue weighted by Gasteiger charge is 2.60. The predicted molar refractivity (Wildman–Crippen MR) is 57.2 cm³/mol. The SMILES string of the molecule is CC(C)C1(C(C)(C)C)SC1=S. The molecule has 0 N–H and O–H groups in total. The molecule has 11 heavy (non-hydrogen) atoms. The van der Waals surface area contributed by atoms with Crippen LogP contribution in [-0.2, 0) is 0 Å². The van der Waals surface area contributed by atoms with E-state index in [4.69, 9.17) is 12.2 Å². The second-order valence-corrected chi connectivity index (χ2v) is 6.45. The van der Waals surface area contributed by atoms with Gasteiger partial charge in [-0.3, -0.25) is 0 Å². The smallest absolute Gasteiger partial charge is 0.0693 e. The average molecular weight is 188 g/mol. The fourth-order valence-corrected chi connectivity index (χ4v) is 4.06. The van der Waals surface area contributed by atoms with Crippen molar-refractivity contribution in [3.8, 4) is 0 Å². The van der Waals surface area contributed by atoms with Crippen LogP contribution in [0.25, 0.3) is 0 Å². The van der Waals surface area contributed by atoms with Gasteiger partial charge >= 0.3 is 0 Å². The van der Waals surface area contributed by atoms with Gasteiger partial charge in [0.05, 0.1) is 8.94 Å². The molecule has 64 valence electrons. The number of thiocarbonyl (C=S) groups is 1. The monoisotopic (exact) mass is 188 g/mol. The van der Waals surface area contributed by atoms with E-state index in [1.807, 2.05) is 11.8 Å². The second kappa shape index (κ2) is 2.46. The highest BCUT2D eigenvalue weighted by atomic mass is 32.2. The lowest BCUT2D eigenvalue weighted by Gasteiger charge is -2.31. The zero-order valence-corrected chi connectivity index (χ0v) is 9.53. The van der Waals surface area contributed by atoms with E-state index in [0.717, 1.165) is 0 Å². The Morgan fingerprint density at radius 3 is 1.73 bits per heavy atom. The molecule has 1 atom stereocenters. The number of hydrogen-bond donors (Lipinski definition) is 0. The molecule has 1 heterocycles. The Hall–Kier alpha value is 0.440. The lowest BCUT2D eigenvalue weighted by molar-refractivity contribution is 0.305. The molecule has 1 rings (SSSR count). The zero-order valence-electron chi connectivity index (χ0n) is 7.89. The first kappa shape index (κ1) is 9.53. The van der Waals surface area contributed by atoms with Crippen LogP contribution in [0.4, 0.5) is 0 Å². The highest BCUT2D eigenvalue weighted by molar-refractivity contribution is 8.35. The fraction of sp³-hybridized carbons (Fsp3) is 0.889. The van der Waals surface area contributed by atoms with Crippen molar-refractivity contribution in [3.63, 3.8) is 0 Å². The van der Waals surface area contributed by atoms with E-state index in [-0.39, 0.29) is 0 Å². The maximum absolute atomic E-state index is 5.27. The van der Waals surface area contributed by atoms with Crippen LogP contribution in [0.15, 0.2) is 0 Å². The Kier molecular flexibility index (Phi) is 2.13. The molecule has 0 saturated carbocycles. The Bertz CT molecular complexity index is 188. The first-order chi connectivity index (χ1) is 4.82. The molecular weight excluding hydrogens is 172 g/mol. The van der Waals surface area contributed by atoms with E-state index in [9.17, 15) is 0 Å². The van der Waals surface area contributed by atoms with Crippen LogP contribution in [0, 0.1) is 11.3 Å². The van der Waals surface area contributed by atoms with Gasteiger partial charge in [-0.15, -0.1) is 11.8 Å². The molecule has 0 bridgehead atoms. The quantitative estimate of drug-likeness (QED) is 0.456. The van der Waals surface area contributed by atoms with Crippen molar-refractivity contribution in [2.45, 2.75) is 39.4 Å². The standard InChI is InChI=1S/C9H16S2/c1-6(2)9(7(10)11-9)8(3,4)5/h6H,1-5H3. The third kappa shape index (κ3) is 1.25. The molecule has 1 aliphatic rings. The van der Waals surface area contributed by atoms with E-state index >= 15 is 0 Å². The van der Waals surface area contributed by atoms with Crippen molar-refractivity contribution in [1.29, 1.82) is 0 Å². The molecule has 0 aromatic rings. The van der Waals surface area contributed by atoms with Gasteiger partial charge in [-0.2, -0.15) is 0 Å². The minimum atomic E-state index is 0.294. The maximum atomic E-state index is 5.27. The normalized spacial score (nSPS) is 31.3. The van der Waals surface area contributed by atoms with Crippen molar-refractivity contribution in [2.75, 3.05) is 0 Å². The van der Waals surface area contributed by atoms with Gasteiger partial charge in [0.1, 0.15) is 0 Å². The summed E-state index contributed by atoms with van der Waals surface area (Å²) in [5.41, 5.74) is 0.322. The van der Waals surface area contributed by atoms with E-state index in [0.29, 0.717) is 16.1 Å². The summed E-state index contributed by atoms with van der Waals surface area (Å²) in [4.78, 5) is 0. The molecule has 1 aliphatic heterocycles. The molecule has 0 aromatic carbocycles. The van der Waals surface area contributed by atoms with Crippen LogP contribution in [0.5, 0.6) is 0 Å². The first-order valence-corrected chi connectivity index (χ1v) is 5.28. The summed E-state index contributed by atoms with van der Waals surface area (Å²) in [6.45, 7) is 11.4. The minimum absolute atomic E-state index is 0.294. The molecule has 0 nitrogen and oxygen atoms in total. The van der Waals surface area contributed by atoms with E-state index in [1.165, 1.54) is 4.20 Å². The Morgan fingerprint density at radius 2 is 1.73 bits per heavy atom. The van der Waals surface area contributed by atoms with Gasteiger partial charge in [0, 0.05) is 0 Å². The molecule has 0 aliphatic carbocycles. The largest absolute Gasteiger partial charge is 0.103 e. The summed E-state index contributed by atoms with van der Waals surface area (Å²) >= 11 is 7.15. The van der Waals surface area contributed by atoms with Crippen LogP contribution in [0.1, 0.15) is 34.6 Å². The molecular formula is C9H16S2. The second-order valence-electron chi connectivity index (χ2n) is 4.53. The molecule has 1 unspecified atom stereocenters. The van der Waals surface area contributed by atoms with Gasteiger partial charge in [-0.1, -0.05) is 46.8 Å². The topological polar surface area (TPSA) is 0 Å². The van der Waals surface area contributed by atoms with Crippen molar-refractivity contribution >= 4 is 28.2 Å². The Morgan fingerprint density at radius 1 is 1.36 bits per heavy atom. The molecule has 1 fully saturated rings. The molecule has 0 radical (unpaired) electrons. The van der Waals surface area contributed by atoms with Crippen LogP contribution in [-0.4, -0.2) is 8.94 Å². The molecule has 2 heteroatoms. The number of hydrogen-bond acceptors (Lipinski definition) is 2. The number of thioether (sulfide) groups is 1. The van der Waals surface area contributed by atoms with Crippen LogP contribution < -0.4 is 0 Å². The van der Waals surface area contributed by atoms with Gasteiger partial charge in [0.15, 0.2) is 0 Å². The van der Waals surface area contributed by atoms with Crippen molar-refractivity contribution < 1.29 is 0 Å². The molecule has 0 spiro atoms. The van der Waals surface area contributed by atoms with Crippen LogP contribution >= 0.6 is 24.0 Å². The van der Waals surface area contributed by atoms with Gasteiger partial charge in [-0.05, 0) is 11.3 Å². The summed E-state index contributed by atoms with van der Waals surface area (Å²) in [6, 6.07) is 0. The zero-order chi connectivity index (χ0) is 8.86. The summed E-state index contributed by atoms with van der Waals surface area (Å²) in [5, 5.41) is 0. The third-order valence-electron chi connectivity index (χ3n) is 2.44. The first-order valence-electron chi connectivity index (χ1n) is 4.06. The van der Waals surface area contributed by atoms with Gasteiger partial charge in [0.25, 0.3) is 0 Å².